The molecule has 0 saturated heterocycles. The van der Waals surface area contributed by atoms with Crippen LogP contribution >= 0.6 is 11.6 Å². The zero-order valence-electron chi connectivity index (χ0n) is 9.64. The molecule has 2 heterocycles. The molecule has 0 atom stereocenters. The molecule has 0 aliphatic heterocycles. The van der Waals surface area contributed by atoms with E-state index in [1.54, 1.807) is 18.2 Å². The number of aromatic nitrogens is 2. The molecule has 2 rings (SSSR count). The van der Waals surface area contributed by atoms with Crippen molar-refractivity contribution < 1.29 is 4.79 Å². The lowest BCUT2D eigenvalue weighted by Crippen LogP contribution is -2.14. The highest BCUT2D eigenvalue weighted by Crippen LogP contribution is 2.14. The summed E-state index contributed by atoms with van der Waals surface area (Å²) in [6.07, 6.45) is 2.92. The maximum absolute atomic E-state index is 11.8. The van der Waals surface area contributed by atoms with E-state index in [-0.39, 0.29) is 11.6 Å². The minimum absolute atomic E-state index is 0.274. The van der Waals surface area contributed by atoms with Crippen LogP contribution in [0.5, 0.6) is 0 Å². The SMILES string of the molecule is Cc1cc(NC(=O)c2ccc(Cl)cn2)ncc1N. The maximum Gasteiger partial charge on any atom is 0.275 e. The summed E-state index contributed by atoms with van der Waals surface area (Å²) in [5, 5.41) is 3.11. The van der Waals surface area contributed by atoms with Gasteiger partial charge in [0.25, 0.3) is 5.91 Å². The standard InChI is InChI=1S/C12H11ClN4O/c1-7-4-11(16-6-9(7)14)17-12(18)10-3-2-8(13)5-15-10/h2-6H,14H2,1H3,(H,16,17,18). The highest BCUT2D eigenvalue weighted by molar-refractivity contribution is 6.30. The van der Waals surface area contributed by atoms with Crippen LogP contribution in [0.2, 0.25) is 5.02 Å². The second-order valence-corrected chi connectivity index (χ2v) is 4.18. The summed E-state index contributed by atoms with van der Waals surface area (Å²) in [4.78, 5) is 19.8. The first-order valence-electron chi connectivity index (χ1n) is 5.21. The van der Waals surface area contributed by atoms with E-state index in [0.717, 1.165) is 5.56 Å². The van der Waals surface area contributed by atoms with Crippen molar-refractivity contribution in [2.45, 2.75) is 6.92 Å². The number of hydrogen-bond donors (Lipinski definition) is 2. The molecular weight excluding hydrogens is 252 g/mol. The molecule has 0 aliphatic carbocycles. The van der Waals surface area contributed by atoms with Crippen molar-refractivity contribution in [3.63, 3.8) is 0 Å². The van der Waals surface area contributed by atoms with Crippen LogP contribution in [0, 0.1) is 6.92 Å². The number of carbonyl (C=O) groups excluding carboxylic acids is 1. The van der Waals surface area contributed by atoms with Gasteiger partial charge in [0.05, 0.1) is 16.9 Å². The number of nitrogens with one attached hydrogen (secondary N) is 1. The lowest BCUT2D eigenvalue weighted by Gasteiger charge is -2.06. The molecule has 5 nitrogen and oxygen atoms in total. The molecule has 0 unspecified atom stereocenters. The first-order chi connectivity index (χ1) is 8.56. The molecule has 2 aromatic rings. The summed E-state index contributed by atoms with van der Waals surface area (Å²) in [6.45, 7) is 1.84. The number of rotatable bonds is 2. The van der Waals surface area contributed by atoms with Crippen LogP contribution in [0.15, 0.2) is 30.6 Å². The summed E-state index contributed by atoms with van der Waals surface area (Å²) in [5.74, 6) is 0.0896. The quantitative estimate of drug-likeness (QED) is 0.870. The Kier molecular flexibility index (Phi) is 3.43. The number of amides is 1. The summed E-state index contributed by atoms with van der Waals surface area (Å²) < 4.78 is 0. The van der Waals surface area contributed by atoms with Crippen molar-refractivity contribution in [2.75, 3.05) is 11.1 Å². The molecule has 0 aromatic carbocycles. The van der Waals surface area contributed by atoms with Crippen molar-refractivity contribution in [1.82, 2.24) is 9.97 Å². The number of nitrogen functional groups attached to an aromatic ring is 1. The van der Waals surface area contributed by atoms with Crippen LogP contribution in [0.25, 0.3) is 0 Å². The van der Waals surface area contributed by atoms with Crippen LogP contribution < -0.4 is 11.1 Å². The third-order valence-corrected chi connectivity index (χ3v) is 2.58. The van der Waals surface area contributed by atoms with Gasteiger partial charge in [0.15, 0.2) is 0 Å². The van der Waals surface area contributed by atoms with Gasteiger partial charge in [-0.2, -0.15) is 0 Å². The number of anilines is 2. The molecule has 3 N–H and O–H groups in total. The summed E-state index contributed by atoms with van der Waals surface area (Å²) >= 11 is 5.69. The molecular formula is C12H11ClN4O. The zero-order chi connectivity index (χ0) is 13.1. The van der Waals surface area contributed by atoms with Crippen molar-refractivity contribution in [1.29, 1.82) is 0 Å². The lowest BCUT2D eigenvalue weighted by atomic mass is 10.2. The highest BCUT2D eigenvalue weighted by Gasteiger charge is 2.08. The Morgan fingerprint density at radius 3 is 2.72 bits per heavy atom. The molecule has 0 saturated carbocycles. The van der Waals surface area contributed by atoms with E-state index in [1.165, 1.54) is 12.4 Å². The van der Waals surface area contributed by atoms with Gasteiger partial charge in [0.2, 0.25) is 0 Å². The molecule has 0 aliphatic rings. The monoisotopic (exact) mass is 262 g/mol. The van der Waals surface area contributed by atoms with Gasteiger partial charge in [0.1, 0.15) is 11.5 Å². The van der Waals surface area contributed by atoms with Gasteiger partial charge in [-0.1, -0.05) is 11.6 Å². The molecule has 0 bridgehead atoms. The van der Waals surface area contributed by atoms with Gasteiger partial charge < -0.3 is 11.1 Å². The molecule has 2 aromatic heterocycles. The second kappa shape index (κ2) is 5.01. The van der Waals surface area contributed by atoms with Crippen molar-refractivity contribution in [2.24, 2.45) is 0 Å². The van der Waals surface area contributed by atoms with Gasteiger partial charge in [-0.25, -0.2) is 9.97 Å². The summed E-state index contributed by atoms with van der Waals surface area (Å²) in [6, 6.07) is 4.84. The largest absolute Gasteiger partial charge is 0.397 e. The van der Waals surface area contributed by atoms with Crippen LogP contribution in [0.3, 0.4) is 0 Å². The number of carbonyl (C=O) groups is 1. The summed E-state index contributed by atoms with van der Waals surface area (Å²) in [7, 11) is 0. The maximum atomic E-state index is 11.8. The van der Waals surface area contributed by atoms with Crippen molar-refractivity contribution in [3.8, 4) is 0 Å². The smallest absolute Gasteiger partial charge is 0.275 e. The van der Waals surface area contributed by atoms with Gasteiger partial charge in [0, 0.05) is 6.20 Å². The predicted molar refractivity (Wildman–Crippen MR) is 70.6 cm³/mol. The number of nitrogens with two attached hydrogens (primary N) is 1. The fourth-order valence-corrected chi connectivity index (χ4v) is 1.44. The second-order valence-electron chi connectivity index (χ2n) is 3.74. The van der Waals surface area contributed by atoms with E-state index in [1.807, 2.05) is 6.92 Å². The molecule has 1 amide bonds. The van der Waals surface area contributed by atoms with Crippen molar-refractivity contribution in [3.05, 3.63) is 46.9 Å². The normalized spacial score (nSPS) is 10.1. The van der Waals surface area contributed by atoms with Crippen LogP contribution in [-0.4, -0.2) is 15.9 Å². The Morgan fingerprint density at radius 1 is 1.33 bits per heavy atom. The summed E-state index contributed by atoms with van der Waals surface area (Å²) in [5.41, 5.74) is 7.35. The van der Waals surface area contributed by atoms with E-state index in [2.05, 4.69) is 15.3 Å². The van der Waals surface area contributed by atoms with Gasteiger partial charge in [-0.05, 0) is 30.7 Å². The number of nitrogens with zero attached hydrogens (tertiary/aromatic N) is 2. The van der Waals surface area contributed by atoms with E-state index >= 15 is 0 Å². The van der Waals surface area contributed by atoms with Gasteiger partial charge in [-0.3, -0.25) is 4.79 Å². The molecule has 0 spiro atoms. The molecule has 6 heteroatoms. The third-order valence-electron chi connectivity index (χ3n) is 2.35. The van der Waals surface area contributed by atoms with Gasteiger partial charge in [-0.15, -0.1) is 0 Å². The average Bonchev–Trinajstić information content (AvgIpc) is 2.34. The van der Waals surface area contributed by atoms with Crippen LogP contribution in [0.1, 0.15) is 16.1 Å². The fourth-order valence-electron chi connectivity index (χ4n) is 1.33. The van der Waals surface area contributed by atoms with E-state index in [9.17, 15) is 4.79 Å². The number of halogens is 1. The lowest BCUT2D eigenvalue weighted by molar-refractivity contribution is 0.102. The molecule has 0 fully saturated rings. The van der Waals surface area contributed by atoms with Crippen LogP contribution in [0.4, 0.5) is 11.5 Å². The fraction of sp³-hybridized carbons (Fsp3) is 0.0833. The average molecular weight is 263 g/mol. The van der Waals surface area contributed by atoms with Crippen molar-refractivity contribution >= 4 is 29.0 Å². The zero-order valence-corrected chi connectivity index (χ0v) is 10.4. The van der Waals surface area contributed by atoms with E-state index in [0.29, 0.717) is 16.5 Å². The minimum Gasteiger partial charge on any atom is -0.397 e. The Hall–Kier alpha value is -2.14. The highest BCUT2D eigenvalue weighted by atomic mass is 35.5. The van der Waals surface area contributed by atoms with E-state index < -0.39 is 0 Å². The predicted octanol–water partition coefficient (Wildman–Crippen LogP) is 2.27. The number of pyridine rings is 2. The number of aryl methyl sites for hydroxylation is 1. The Balaban J connectivity index is 2.16. The van der Waals surface area contributed by atoms with Crippen LogP contribution in [-0.2, 0) is 0 Å². The van der Waals surface area contributed by atoms with Gasteiger partial charge >= 0.3 is 0 Å². The molecule has 0 radical (unpaired) electrons. The topological polar surface area (TPSA) is 80.9 Å². The minimum atomic E-state index is -0.344. The number of hydrogen-bond acceptors (Lipinski definition) is 4. The molecule has 92 valence electrons. The van der Waals surface area contributed by atoms with E-state index in [4.69, 9.17) is 17.3 Å². The Morgan fingerprint density at radius 2 is 2.11 bits per heavy atom. The third kappa shape index (κ3) is 2.75. The Bertz CT molecular complexity index is 583. The molecule has 18 heavy (non-hydrogen) atoms. The first-order valence-corrected chi connectivity index (χ1v) is 5.59. The first kappa shape index (κ1) is 12.3. The Labute approximate surface area is 109 Å².